The third-order valence-corrected chi connectivity index (χ3v) is 4.55. The summed E-state index contributed by atoms with van der Waals surface area (Å²) < 4.78 is 27.9. The van der Waals surface area contributed by atoms with Crippen molar-refractivity contribution in [2.45, 2.75) is 20.3 Å². The van der Waals surface area contributed by atoms with Crippen LogP contribution in [0, 0.1) is 13.8 Å². The highest BCUT2D eigenvalue weighted by Gasteiger charge is 2.19. The molecule has 0 unspecified atom stereocenters. The van der Waals surface area contributed by atoms with Gasteiger partial charge in [-0.1, -0.05) is 12.1 Å². The summed E-state index contributed by atoms with van der Waals surface area (Å²) in [6.07, 6.45) is -0.237. The van der Waals surface area contributed by atoms with E-state index in [1.807, 2.05) is 13.8 Å². The van der Waals surface area contributed by atoms with Crippen molar-refractivity contribution in [1.29, 1.82) is 0 Å². The van der Waals surface area contributed by atoms with E-state index in [2.05, 4.69) is 4.74 Å². The molecule has 0 heterocycles. The van der Waals surface area contributed by atoms with E-state index in [4.69, 9.17) is 0 Å². The van der Waals surface area contributed by atoms with Crippen LogP contribution in [0.25, 0.3) is 0 Å². The van der Waals surface area contributed by atoms with Gasteiger partial charge in [-0.15, -0.1) is 0 Å². The Balaban J connectivity index is 2.74. The van der Waals surface area contributed by atoms with Crippen LogP contribution in [0.3, 0.4) is 0 Å². The molecule has 0 radical (unpaired) electrons. The van der Waals surface area contributed by atoms with Gasteiger partial charge in [0, 0.05) is 5.56 Å². The van der Waals surface area contributed by atoms with Gasteiger partial charge in [-0.05, 0) is 31.0 Å². The summed E-state index contributed by atoms with van der Waals surface area (Å²) in [4.78, 5) is 22.9. The highest BCUT2D eigenvalue weighted by molar-refractivity contribution is 7.92. The first-order valence-electron chi connectivity index (χ1n) is 6.13. The standard InChI is InChI=1S/C14H18O5S/c1-10-4-5-12(8-11(10)2)13(15)9-20(17,18)7-6-14(16)19-3/h4-5,8H,6-7,9H2,1-3H3. The van der Waals surface area contributed by atoms with E-state index in [0.29, 0.717) is 5.56 Å². The van der Waals surface area contributed by atoms with Crippen molar-refractivity contribution in [3.05, 3.63) is 34.9 Å². The maximum absolute atomic E-state index is 11.9. The molecule has 110 valence electrons. The molecule has 0 spiro atoms. The first-order chi connectivity index (χ1) is 9.25. The Morgan fingerprint density at radius 3 is 2.35 bits per heavy atom. The first-order valence-corrected chi connectivity index (χ1v) is 7.95. The molecule has 0 aromatic heterocycles. The van der Waals surface area contributed by atoms with E-state index in [9.17, 15) is 18.0 Å². The number of benzene rings is 1. The molecule has 1 aromatic rings. The lowest BCUT2D eigenvalue weighted by molar-refractivity contribution is -0.140. The third-order valence-electron chi connectivity index (χ3n) is 3.02. The van der Waals surface area contributed by atoms with Gasteiger partial charge in [-0.25, -0.2) is 8.42 Å². The highest BCUT2D eigenvalue weighted by Crippen LogP contribution is 2.11. The highest BCUT2D eigenvalue weighted by atomic mass is 32.2. The Morgan fingerprint density at radius 1 is 1.15 bits per heavy atom. The van der Waals surface area contributed by atoms with Crippen molar-refractivity contribution >= 4 is 21.6 Å². The zero-order chi connectivity index (χ0) is 15.3. The predicted molar refractivity (Wildman–Crippen MR) is 75.5 cm³/mol. The lowest BCUT2D eigenvalue weighted by Crippen LogP contribution is -2.21. The van der Waals surface area contributed by atoms with Gasteiger partial charge < -0.3 is 4.74 Å². The summed E-state index contributed by atoms with van der Waals surface area (Å²) in [5.74, 6) is -2.03. The number of Topliss-reactive ketones (excluding diaryl/α,β-unsaturated/α-hetero) is 1. The van der Waals surface area contributed by atoms with Crippen molar-refractivity contribution < 1.29 is 22.7 Å². The number of ether oxygens (including phenoxy) is 1. The minimum absolute atomic E-state index is 0.237. The van der Waals surface area contributed by atoms with E-state index in [-0.39, 0.29) is 12.2 Å². The molecule has 0 saturated carbocycles. The number of carbonyl (C=O) groups is 2. The Hall–Kier alpha value is -1.69. The average Bonchev–Trinajstić information content (AvgIpc) is 2.38. The molecule has 1 aromatic carbocycles. The molecule has 0 saturated heterocycles. The smallest absolute Gasteiger partial charge is 0.306 e. The topological polar surface area (TPSA) is 77.5 Å². The molecule has 6 heteroatoms. The van der Waals surface area contributed by atoms with Crippen LogP contribution < -0.4 is 0 Å². The van der Waals surface area contributed by atoms with Crippen molar-refractivity contribution in [1.82, 2.24) is 0 Å². The minimum Gasteiger partial charge on any atom is -0.469 e. The van der Waals surface area contributed by atoms with Crippen molar-refractivity contribution in [2.75, 3.05) is 18.6 Å². The van der Waals surface area contributed by atoms with Crippen LogP contribution in [-0.2, 0) is 19.4 Å². The molecule has 0 fully saturated rings. The monoisotopic (exact) mass is 298 g/mol. The van der Waals surface area contributed by atoms with E-state index in [1.165, 1.54) is 7.11 Å². The third kappa shape index (κ3) is 4.77. The number of ketones is 1. The largest absolute Gasteiger partial charge is 0.469 e. The number of esters is 1. The van der Waals surface area contributed by atoms with Crippen LogP contribution in [0.15, 0.2) is 18.2 Å². The second-order valence-corrected chi connectivity index (χ2v) is 6.82. The fourth-order valence-electron chi connectivity index (χ4n) is 1.61. The van der Waals surface area contributed by atoms with Crippen LogP contribution in [-0.4, -0.2) is 38.8 Å². The maximum Gasteiger partial charge on any atom is 0.306 e. The molecule has 0 aliphatic heterocycles. The van der Waals surface area contributed by atoms with E-state index in [0.717, 1.165) is 11.1 Å². The fourth-order valence-corrected chi connectivity index (χ4v) is 2.80. The van der Waals surface area contributed by atoms with Gasteiger partial charge >= 0.3 is 5.97 Å². The lowest BCUT2D eigenvalue weighted by Gasteiger charge is -2.06. The Bertz CT molecular complexity index is 616. The molecule has 0 aliphatic rings. The number of hydrogen-bond donors (Lipinski definition) is 0. The quantitative estimate of drug-likeness (QED) is 0.587. The van der Waals surface area contributed by atoms with Gasteiger partial charge in [0.05, 0.1) is 19.3 Å². The summed E-state index contributed by atoms with van der Waals surface area (Å²) in [6, 6.07) is 5.07. The van der Waals surface area contributed by atoms with Gasteiger partial charge in [0.15, 0.2) is 15.6 Å². The number of carbonyl (C=O) groups excluding carboxylic acids is 2. The number of sulfone groups is 1. The number of rotatable bonds is 6. The zero-order valence-corrected chi connectivity index (χ0v) is 12.6. The number of methoxy groups -OCH3 is 1. The molecular weight excluding hydrogens is 280 g/mol. The Labute approximate surface area is 118 Å². The molecule has 0 N–H and O–H groups in total. The van der Waals surface area contributed by atoms with Gasteiger partial charge in [0.2, 0.25) is 0 Å². The molecule has 1 rings (SSSR count). The van der Waals surface area contributed by atoms with E-state index >= 15 is 0 Å². The van der Waals surface area contributed by atoms with Gasteiger partial charge in [0.25, 0.3) is 0 Å². The molecule has 5 nitrogen and oxygen atoms in total. The summed E-state index contributed by atoms with van der Waals surface area (Å²) >= 11 is 0. The van der Waals surface area contributed by atoms with Gasteiger partial charge in [0.1, 0.15) is 5.75 Å². The molecular formula is C14H18O5S. The second kappa shape index (κ2) is 6.65. The first kappa shape index (κ1) is 16.4. The molecule has 0 bridgehead atoms. The normalized spacial score (nSPS) is 11.2. The molecule has 0 aliphatic carbocycles. The maximum atomic E-state index is 11.9. The SMILES string of the molecule is COC(=O)CCS(=O)(=O)CC(=O)c1ccc(C)c(C)c1. The van der Waals surface area contributed by atoms with Crippen molar-refractivity contribution in [3.63, 3.8) is 0 Å². The fraction of sp³-hybridized carbons (Fsp3) is 0.429. The van der Waals surface area contributed by atoms with E-state index < -0.39 is 27.3 Å². The van der Waals surface area contributed by atoms with E-state index in [1.54, 1.807) is 18.2 Å². The van der Waals surface area contributed by atoms with Crippen molar-refractivity contribution in [3.8, 4) is 0 Å². The van der Waals surface area contributed by atoms with Gasteiger partial charge in [-0.3, -0.25) is 9.59 Å². The van der Waals surface area contributed by atoms with Crippen LogP contribution in [0.4, 0.5) is 0 Å². The molecule has 0 amide bonds. The van der Waals surface area contributed by atoms with Gasteiger partial charge in [-0.2, -0.15) is 0 Å². The molecule has 20 heavy (non-hydrogen) atoms. The summed E-state index contributed by atoms with van der Waals surface area (Å²) in [7, 11) is -2.42. The number of hydrogen-bond acceptors (Lipinski definition) is 5. The minimum atomic E-state index is -3.61. The van der Waals surface area contributed by atoms with Crippen LogP contribution in [0.1, 0.15) is 27.9 Å². The summed E-state index contributed by atoms with van der Waals surface area (Å²) in [5.41, 5.74) is 2.34. The second-order valence-electron chi connectivity index (χ2n) is 4.64. The van der Waals surface area contributed by atoms with Crippen LogP contribution in [0.2, 0.25) is 0 Å². The summed E-state index contributed by atoms with van der Waals surface area (Å²) in [6.45, 7) is 3.77. The van der Waals surface area contributed by atoms with Crippen LogP contribution >= 0.6 is 0 Å². The van der Waals surface area contributed by atoms with Crippen LogP contribution in [0.5, 0.6) is 0 Å². The Morgan fingerprint density at radius 2 is 1.80 bits per heavy atom. The number of aryl methyl sites for hydroxylation is 2. The molecule has 0 atom stereocenters. The predicted octanol–water partition coefficient (Wildman–Crippen LogP) is 1.46. The van der Waals surface area contributed by atoms with Crippen molar-refractivity contribution in [2.24, 2.45) is 0 Å². The average molecular weight is 298 g/mol. The lowest BCUT2D eigenvalue weighted by atomic mass is 10.0. The zero-order valence-electron chi connectivity index (χ0n) is 11.8. The summed E-state index contributed by atoms with van der Waals surface area (Å²) in [5, 5.41) is 0. The Kier molecular flexibility index (Phi) is 5.44.